The average molecular weight is 646 g/mol. The molecule has 3 heterocycles. The second kappa shape index (κ2) is 12.8. The molecule has 0 saturated heterocycles. The SMILES string of the molecule is CC(C)[N-]C([N-]C(C)C)n1cnc(C(F)(F)F)c1.Fc1c[c-]c(-c2ccccn2)c(F)n1.[Ir+3]. The van der Waals surface area contributed by atoms with Crippen molar-refractivity contribution in [2.45, 2.75) is 52.2 Å². The van der Waals surface area contributed by atoms with Crippen LogP contribution < -0.4 is 0 Å². The van der Waals surface area contributed by atoms with Gasteiger partial charge in [0.15, 0.2) is 5.69 Å². The number of halogens is 5. The van der Waals surface area contributed by atoms with Crippen molar-refractivity contribution in [3.05, 3.63) is 77.3 Å². The predicted octanol–water partition coefficient (Wildman–Crippen LogP) is 6.14. The van der Waals surface area contributed by atoms with E-state index in [1.54, 1.807) is 18.2 Å². The van der Waals surface area contributed by atoms with Crippen molar-refractivity contribution >= 4 is 0 Å². The summed E-state index contributed by atoms with van der Waals surface area (Å²) in [5.41, 5.74) is -0.463. The molecule has 3 aromatic rings. The number of hydrogen-bond donors (Lipinski definition) is 0. The maximum absolute atomic E-state index is 13.1. The molecular weight excluding hydrogens is 623 g/mol. The van der Waals surface area contributed by atoms with E-state index in [-0.39, 0.29) is 37.8 Å². The Morgan fingerprint density at radius 2 is 1.64 bits per heavy atom. The molecule has 33 heavy (non-hydrogen) atoms. The number of aromatic nitrogens is 4. The molecule has 180 valence electrons. The normalized spacial score (nSPS) is 11.4. The van der Waals surface area contributed by atoms with Gasteiger partial charge < -0.3 is 20.2 Å². The zero-order valence-electron chi connectivity index (χ0n) is 18.2. The number of nitrogens with zero attached hydrogens (tertiary/aromatic N) is 6. The minimum atomic E-state index is -4.44. The average Bonchev–Trinajstić information content (AvgIpc) is 3.19. The first-order valence-corrected chi connectivity index (χ1v) is 9.63. The quantitative estimate of drug-likeness (QED) is 0.184. The maximum Gasteiger partial charge on any atom is 3.00 e. The smallest absolute Gasteiger partial charge is 0.658 e. The second-order valence-corrected chi connectivity index (χ2v) is 7.14. The summed E-state index contributed by atoms with van der Waals surface area (Å²) in [5, 5.41) is 8.54. The number of alkyl halides is 3. The van der Waals surface area contributed by atoms with E-state index in [2.05, 4.69) is 31.7 Å². The van der Waals surface area contributed by atoms with E-state index in [0.717, 1.165) is 18.6 Å². The van der Waals surface area contributed by atoms with E-state index in [0.29, 0.717) is 5.69 Å². The molecule has 0 spiro atoms. The Morgan fingerprint density at radius 1 is 1.00 bits per heavy atom. The third kappa shape index (κ3) is 9.24. The monoisotopic (exact) mass is 646 g/mol. The summed E-state index contributed by atoms with van der Waals surface area (Å²) in [4.78, 5) is 10.3. The van der Waals surface area contributed by atoms with Gasteiger partial charge in [-0.3, -0.25) is 4.98 Å². The molecule has 3 rings (SSSR count). The van der Waals surface area contributed by atoms with Gasteiger partial charge in [-0.2, -0.15) is 19.5 Å². The fraction of sp³-hybridized carbons (Fsp3) is 0.381. The minimum absolute atomic E-state index is 0. The fourth-order valence-corrected chi connectivity index (χ4v) is 2.40. The molecular formula is C21H22F5IrN6. The number of hydrogen-bond acceptors (Lipinski definition) is 3. The van der Waals surface area contributed by atoms with E-state index in [9.17, 15) is 22.0 Å². The van der Waals surface area contributed by atoms with E-state index < -0.39 is 30.1 Å². The van der Waals surface area contributed by atoms with Crippen LogP contribution in [0.3, 0.4) is 0 Å². The van der Waals surface area contributed by atoms with Crippen LogP contribution in [0.1, 0.15) is 39.7 Å². The molecule has 0 aliphatic carbocycles. The van der Waals surface area contributed by atoms with Gasteiger partial charge in [-0.1, -0.05) is 51.5 Å². The van der Waals surface area contributed by atoms with Crippen molar-refractivity contribution in [2.75, 3.05) is 0 Å². The molecule has 3 aromatic heterocycles. The summed E-state index contributed by atoms with van der Waals surface area (Å²) in [5.74, 6) is -1.79. The molecule has 0 aliphatic heterocycles. The van der Waals surface area contributed by atoms with Crippen LogP contribution in [-0.2, 0) is 26.3 Å². The van der Waals surface area contributed by atoms with E-state index in [1.165, 1.54) is 10.8 Å². The Morgan fingerprint density at radius 3 is 2.09 bits per heavy atom. The first-order chi connectivity index (χ1) is 15.0. The van der Waals surface area contributed by atoms with Crippen molar-refractivity contribution in [1.29, 1.82) is 0 Å². The van der Waals surface area contributed by atoms with E-state index >= 15 is 0 Å². The molecule has 0 atom stereocenters. The molecule has 0 radical (unpaired) electrons. The molecule has 6 nitrogen and oxygen atoms in total. The zero-order chi connectivity index (χ0) is 23.9. The van der Waals surface area contributed by atoms with Crippen molar-refractivity contribution in [3.63, 3.8) is 0 Å². The van der Waals surface area contributed by atoms with Gasteiger partial charge in [0, 0.05) is 12.4 Å². The third-order valence-corrected chi connectivity index (χ3v) is 3.69. The largest absolute Gasteiger partial charge is 3.00 e. The fourth-order valence-electron chi connectivity index (χ4n) is 2.40. The van der Waals surface area contributed by atoms with Gasteiger partial charge in [0.1, 0.15) is 11.9 Å². The van der Waals surface area contributed by atoms with Gasteiger partial charge in [-0.25, -0.2) is 13.8 Å². The molecule has 0 fully saturated rings. The molecule has 0 N–H and O–H groups in total. The number of pyridine rings is 2. The van der Waals surface area contributed by atoms with Crippen LogP contribution in [-0.4, -0.2) is 31.6 Å². The van der Waals surface area contributed by atoms with Gasteiger partial charge in [0.05, 0.1) is 6.33 Å². The van der Waals surface area contributed by atoms with Crippen molar-refractivity contribution < 1.29 is 42.1 Å². The second-order valence-electron chi connectivity index (χ2n) is 7.14. The summed E-state index contributed by atoms with van der Waals surface area (Å²) < 4.78 is 64.2. The summed E-state index contributed by atoms with van der Waals surface area (Å²) in [6.45, 7) is 7.41. The standard InChI is InChI=1S/C11H17F3N4.C10H5F2N2.Ir/c1-7(2)16-10(17-8(3)4)18-5-9(15-6-18)11(12,13)14;11-9-5-4-7(10(12)14-9)8-3-1-2-6-13-8;/h5-8,10H,1-4H3;1-3,5-6H;/q-2;-1;+3. The number of rotatable bonds is 6. The summed E-state index contributed by atoms with van der Waals surface area (Å²) in [7, 11) is 0. The Labute approximate surface area is 202 Å². The predicted molar refractivity (Wildman–Crippen MR) is 109 cm³/mol. The van der Waals surface area contributed by atoms with Gasteiger partial charge >= 0.3 is 26.3 Å². The molecule has 0 aromatic carbocycles. The molecule has 0 unspecified atom stereocenters. The Balaban J connectivity index is 0.000000328. The molecule has 0 saturated carbocycles. The van der Waals surface area contributed by atoms with Crippen LogP contribution in [0.2, 0.25) is 0 Å². The van der Waals surface area contributed by atoms with Crippen LogP contribution in [0.4, 0.5) is 22.0 Å². The molecule has 0 amide bonds. The third-order valence-electron chi connectivity index (χ3n) is 3.69. The molecule has 0 aliphatic rings. The summed E-state index contributed by atoms with van der Waals surface area (Å²) >= 11 is 0. The topological polar surface area (TPSA) is 71.8 Å². The zero-order valence-corrected chi connectivity index (χ0v) is 20.6. The Hall–Kier alpha value is -2.27. The van der Waals surface area contributed by atoms with Crippen LogP contribution in [0.15, 0.2) is 43.0 Å². The van der Waals surface area contributed by atoms with Crippen LogP contribution >= 0.6 is 0 Å². The van der Waals surface area contributed by atoms with Crippen LogP contribution in [0.5, 0.6) is 0 Å². The Kier molecular flexibility index (Phi) is 11.2. The van der Waals surface area contributed by atoms with Crippen LogP contribution in [0, 0.1) is 18.0 Å². The first-order valence-electron chi connectivity index (χ1n) is 9.63. The first kappa shape index (κ1) is 28.8. The van der Waals surface area contributed by atoms with Gasteiger partial charge in [0.25, 0.3) is 0 Å². The minimum Gasteiger partial charge on any atom is -0.658 e. The van der Waals surface area contributed by atoms with Gasteiger partial charge in [-0.15, -0.1) is 18.2 Å². The van der Waals surface area contributed by atoms with Crippen molar-refractivity contribution in [3.8, 4) is 11.3 Å². The molecule has 0 bridgehead atoms. The van der Waals surface area contributed by atoms with E-state index in [4.69, 9.17) is 0 Å². The van der Waals surface area contributed by atoms with Crippen molar-refractivity contribution in [2.24, 2.45) is 0 Å². The van der Waals surface area contributed by atoms with E-state index in [1.807, 2.05) is 27.7 Å². The maximum atomic E-state index is 13.1. The summed E-state index contributed by atoms with van der Waals surface area (Å²) in [6, 6.07) is 8.41. The van der Waals surface area contributed by atoms with Crippen molar-refractivity contribution in [1.82, 2.24) is 19.5 Å². The molecule has 12 heteroatoms. The van der Waals surface area contributed by atoms with Gasteiger partial charge in [-0.05, 0) is 11.8 Å². The summed E-state index contributed by atoms with van der Waals surface area (Å²) in [6.07, 6.45) is -1.53. The Bertz CT molecular complexity index is 969. The number of imidazole rings is 1. The van der Waals surface area contributed by atoms with Crippen LogP contribution in [0.25, 0.3) is 21.9 Å². The van der Waals surface area contributed by atoms with Gasteiger partial charge in [0.2, 0.25) is 0 Å².